The van der Waals surface area contributed by atoms with Gasteiger partial charge in [0.2, 0.25) is 0 Å². The largest absolute Gasteiger partial charge is 0.478 e. The van der Waals surface area contributed by atoms with Crippen molar-refractivity contribution in [3.05, 3.63) is 42.0 Å². The third kappa shape index (κ3) is 4.01. The number of hydrogen-bond acceptors (Lipinski definition) is 4. The molecule has 0 saturated carbocycles. The van der Waals surface area contributed by atoms with Crippen LogP contribution < -0.4 is 0 Å². The van der Waals surface area contributed by atoms with Gasteiger partial charge in [-0.1, -0.05) is 0 Å². The van der Waals surface area contributed by atoms with Gasteiger partial charge in [-0.3, -0.25) is 4.79 Å². The predicted octanol–water partition coefficient (Wildman–Crippen LogP) is 1.44. The van der Waals surface area contributed by atoms with Gasteiger partial charge in [-0.05, 0) is 30.3 Å². The minimum absolute atomic E-state index is 0.127. The molecule has 0 bridgehead atoms. The first-order valence-electron chi connectivity index (χ1n) is 4.31. The molecule has 0 aliphatic carbocycles. The van der Waals surface area contributed by atoms with E-state index in [1.165, 1.54) is 24.3 Å². The van der Waals surface area contributed by atoms with Crippen LogP contribution in [0.3, 0.4) is 0 Å². The monoisotopic (exact) mass is 274 g/mol. The molecule has 0 amide bonds. The Morgan fingerprint density at radius 3 is 2.06 bits per heavy atom. The maximum absolute atomic E-state index is 11.4. The van der Waals surface area contributed by atoms with Crippen molar-refractivity contribution in [2.45, 2.75) is 4.90 Å². The van der Waals surface area contributed by atoms with E-state index < -0.39 is 20.8 Å². The number of carboxylic acid groups (broad SMARTS) is 1. The summed E-state index contributed by atoms with van der Waals surface area (Å²) < 4.78 is 21.8. The van der Waals surface area contributed by atoms with Crippen LogP contribution in [-0.2, 0) is 13.8 Å². The summed E-state index contributed by atoms with van der Waals surface area (Å²) >= 11 is 0. The Morgan fingerprint density at radius 2 is 1.65 bits per heavy atom. The number of allylic oxidation sites excluding steroid dienone is 1. The summed E-state index contributed by atoms with van der Waals surface area (Å²) in [5.74, 6) is -1.77. The van der Waals surface area contributed by atoms with Gasteiger partial charge in [0.1, 0.15) is 0 Å². The average molecular weight is 275 g/mol. The smallest absolute Gasteiger partial charge is 0.328 e. The molecule has 0 aliphatic rings. The van der Waals surface area contributed by atoms with Crippen molar-refractivity contribution in [3.8, 4) is 0 Å². The second kappa shape index (κ2) is 5.11. The van der Waals surface area contributed by atoms with E-state index in [1.807, 2.05) is 0 Å². The van der Waals surface area contributed by atoms with Crippen molar-refractivity contribution >= 4 is 31.5 Å². The van der Waals surface area contributed by atoms with Crippen LogP contribution in [-0.4, -0.2) is 25.3 Å². The normalized spacial score (nSPS) is 11.6. The fourth-order valence-electron chi connectivity index (χ4n) is 1.02. The third-order valence-corrected chi connectivity index (χ3v) is 3.17. The second-order valence-electron chi connectivity index (χ2n) is 3.00. The molecule has 1 aromatic carbocycles. The molecule has 0 radical (unpaired) electrons. The zero-order valence-corrected chi connectivity index (χ0v) is 9.90. The molecule has 0 aliphatic heterocycles. The van der Waals surface area contributed by atoms with Crippen LogP contribution >= 0.6 is 10.7 Å². The number of ketones is 1. The van der Waals surface area contributed by atoms with Gasteiger partial charge in [0, 0.05) is 22.3 Å². The Labute approximate surface area is 102 Å². The van der Waals surface area contributed by atoms with Crippen molar-refractivity contribution in [1.29, 1.82) is 0 Å². The van der Waals surface area contributed by atoms with Crippen LogP contribution in [0.25, 0.3) is 0 Å². The van der Waals surface area contributed by atoms with Gasteiger partial charge in [-0.2, -0.15) is 0 Å². The van der Waals surface area contributed by atoms with E-state index in [9.17, 15) is 18.0 Å². The van der Waals surface area contributed by atoms with Crippen LogP contribution in [0.2, 0.25) is 0 Å². The molecule has 5 nitrogen and oxygen atoms in total. The lowest BCUT2D eigenvalue weighted by molar-refractivity contribution is -0.131. The van der Waals surface area contributed by atoms with Crippen LogP contribution in [0.5, 0.6) is 0 Å². The molecule has 1 aromatic rings. The van der Waals surface area contributed by atoms with Gasteiger partial charge in [0.05, 0.1) is 4.90 Å². The van der Waals surface area contributed by atoms with Crippen LogP contribution in [0.15, 0.2) is 41.3 Å². The van der Waals surface area contributed by atoms with Crippen molar-refractivity contribution in [1.82, 2.24) is 0 Å². The zero-order valence-electron chi connectivity index (χ0n) is 8.33. The minimum atomic E-state index is -3.82. The molecule has 7 heteroatoms. The van der Waals surface area contributed by atoms with E-state index in [0.29, 0.717) is 6.08 Å². The minimum Gasteiger partial charge on any atom is -0.478 e. The van der Waals surface area contributed by atoms with E-state index in [0.717, 1.165) is 6.08 Å². The van der Waals surface area contributed by atoms with Gasteiger partial charge in [0.25, 0.3) is 9.05 Å². The summed E-state index contributed by atoms with van der Waals surface area (Å²) in [4.78, 5) is 21.4. The molecule has 17 heavy (non-hydrogen) atoms. The molecular formula is C10H7ClO5S. The van der Waals surface area contributed by atoms with Crippen LogP contribution in [0, 0.1) is 0 Å². The van der Waals surface area contributed by atoms with E-state index in [-0.39, 0.29) is 10.5 Å². The maximum Gasteiger partial charge on any atom is 0.328 e. The van der Waals surface area contributed by atoms with Crippen LogP contribution in [0.4, 0.5) is 0 Å². The van der Waals surface area contributed by atoms with E-state index in [4.69, 9.17) is 15.8 Å². The quantitative estimate of drug-likeness (QED) is 0.510. The molecule has 0 spiro atoms. The number of rotatable bonds is 4. The first-order chi connectivity index (χ1) is 7.80. The molecule has 0 heterocycles. The first kappa shape index (κ1) is 13.4. The van der Waals surface area contributed by atoms with E-state index >= 15 is 0 Å². The van der Waals surface area contributed by atoms with Gasteiger partial charge >= 0.3 is 5.97 Å². The standard InChI is InChI=1S/C10H7ClO5S/c11-17(15,16)8-3-1-7(2-4-8)9(12)5-6-10(13)14/h1-6H,(H,13,14)/b6-5+. The summed E-state index contributed by atoms with van der Waals surface area (Å²) in [7, 11) is 1.27. The van der Waals surface area contributed by atoms with Crippen molar-refractivity contribution in [2.75, 3.05) is 0 Å². The zero-order chi connectivity index (χ0) is 13.1. The average Bonchev–Trinajstić information content (AvgIpc) is 2.25. The third-order valence-electron chi connectivity index (χ3n) is 1.80. The molecule has 0 aromatic heterocycles. The lowest BCUT2D eigenvalue weighted by Gasteiger charge is -1.98. The summed E-state index contributed by atoms with van der Waals surface area (Å²) in [6.45, 7) is 0. The van der Waals surface area contributed by atoms with Crippen molar-refractivity contribution < 1.29 is 23.1 Å². The SMILES string of the molecule is O=C(O)/C=C/C(=O)c1ccc(S(=O)(=O)Cl)cc1. The highest BCUT2D eigenvalue weighted by Gasteiger charge is 2.10. The Hall–Kier alpha value is -1.66. The topological polar surface area (TPSA) is 88.5 Å². The van der Waals surface area contributed by atoms with Crippen molar-refractivity contribution in [2.24, 2.45) is 0 Å². The Kier molecular flexibility index (Phi) is 4.03. The number of aliphatic carboxylic acids is 1. The predicted molar refractivity (Wildman–Crippen MR) is 60.6 cm³/mol. The molecular weight excluding hydrogens is 268 g/mol. The maximum atomic E-state index is 11.4. The molecule has 0 atom stereocenters. The fourth-order valence-corrected chi connectivity index (χ4v) is 1.79. The second-order valence-corrected chi connectivity index (χ2v) is 5.56. The highest BCUT2D eigenvalue weighted by Crippen LogP contribution is 2.15. The lowest BCUT2D eigenvalue weighted by atomic mass is 10.1. The molecule has 0 saturated heterocycles. The summed E-state index contributed by atoms with van der Waals surface area (Å²) in [5.41, 5.74) is 0.173. The molecule has 1 N–H and O–H groups in total. The number of carboxylic acids is 1. The highest BCUT2D eigenvalue weighted by atomic mass is 35.7. The molecule has 90 valence electrons. The number of benzene rings is 1. The number of halogens is 1. The Morgan fingerprint density at radius 1 is 1.12 bits per heavy atom. The molecule has 0 fully saturated rings. The Bertz CT molecular complexity index is 571. The van der Waals surface area contributed by atoms with Gasteiger partial charge in [-0.15, -0.1) is 0 Å². The lowest BCUT2D eigenvalue weighted by Crippen LogP contribution is -1.98. The van der Waals surface area contributed by atoms with Gasteiger partial charge in [0.15, 0.2) is 5.78 Å². The van der Waals surface area contributed by atoms with E-state index in [1.54, 1.807) is 0 Å². The first-order valence-corrected chi connectivity index (χ1v) is 6.62. The Balaban J connectivity index is 2.96. The van der Waals surface area contributed by atoms with Crippen LogP contribution in [0.1, 0.15) is 10.4 Å². The molecule has 0 unspecified atom stereocenters. The molecule has 1 rings (SSSR count). The summed E-state index contributed by atoms with van der Waals surface area (Å²) in [6, 6.07) is 4.85. The number of hydrogen-bond donors (Lipinski definition) is 1. The van der Waals surface area contributed by atoms with Gasteiger partial charge < -0.3 is 5.11 Å². The fraction of sp³-hybridized carbons (Fsp3) is 0. The van der Waals surface area contributed by atoms with Crippen molar-refractivity contribution in [3.63, 3.8) is 0 Å². The van der Waals surface area contributed by atoms with Gasteiger partial charge in [-0.25, -0.2) is 13.2 Å². The number of carbonyl (C=O) groups is 2. The summed E-state index contributed by atoms with van der Waals surface area (Å²) in [6.07, 6.45) is 1.58. The summed E-state index contributed by atoms with van der Waals surface area (Å²) in [5, 5.41) is 8.32. The van der Waals surface area contributed by atoms with E-state index in [2.05, 4.69) is 0 Å². The number of carbonyl (C=O) groups excluding carboxylic acids is 1. The highest BCUT2D eigenvalue weighted by molar-refractivity contribution is 8.13.